The number of piperidine rings is 3. The van der Waals surface area contributed by atoms with Gasteiger partial charge < -0.3 is 0 Å². The minimum Gasteiger partial charge on any atom is -0.294 e. The Labute approximate surface area is 193 Å². The number of fused-ring (bicyclic) bond motifs is 3. The van der Waals surface area contributed by atoms with Crippen LogP contribution in [0.3, 0.4) is 0 Å². The molecule has 0 radical (unpaired) electrons. The molecule has 2 bridgehead atoms. The molecule has 33 heavy (non-hydrogen) atoms. The monoisotopic (exact) mass is 450 g/mol. The Morgan fingerprint density at radius 1 is 0.818 bits per heavy atom. The highest BCUT2D eigenvalue weighted by atomic mass is 19.4. The van der Waals surface area contributed by atoms with Crippen LogP contribution in [0.25, 0.3) is 0 Å². The fourth-order valence-electron chi connectivity index (χ4n) is 5.93. The minimum atomic E-state index is -4.37. The maximum atomic E-state index is 13.7. The van der Waals surface area contributed by atoms with Crippen LogP contribution in [0.15, 0.2) is 84.9 Å². The number of nitrogens with zero attached hydrogens (tertiary/aromatic N) is 1. The number of halogens is 3. The molecule has 1 atom stereocenters. The number of alkyl halides is 3. The van der Waals surface area contributed by atoms with Crippen LogP contribution in [0.2, 0.25) is 0 Å². The van der Waals surface area contributed by atoms with Crippen molar-refractivity contribution in [1.29, 1.82) is 0 Å². The van der Waals surface area contributed by atoms with Crippen LogP contribution in [0.5, 0.6) is 0 Å². The second kappa shape index (κ2) is 8.96. The number of hydrogen-bond acceptors (Lipinski definition) is 2. The van der Waals surface area contributed by atoms with E-state index in [0.717, 1.165) is 32.4 Å². The van der Waals surface area contributed by atoms with Gasteiger partial charge in [-0.2, -0.15) is 13.2 Å². The average Bonchev–Trinajstić information content (AvgIpc) is 2.85. The van der Waals surface area contributed by atoms with Gasteiger partial charge in [0.25, 0.3) is 0 Å². The Hall–Kier alpha value is -2.63. The standard InChI is InChI=1S/C28H29F3N2/c29-28(30,31)25-14-8-7-13-24(25)20-32-27(19-21-15-17-33(27)18-16-21)26(22-9-3-1-4-10-22)23-11-5-2-6-12-23/h1-14,21,26,32H,15-20H2. The molecule has 0 spiro atoms. The van der Waals surface area contributed by atoms with Gasteiger partial charge in [0.1, 0.15) is 0 Å². The molecule has 1 N–H and O–H groups in total. The van der Waals surface area contributed by atoms with E-state index in [1.54, 1.807) is 12.1 Å². The van der Waals surface area contributed by atoms with Crippen molar-refractivity contribution in [3.05, 3.63) is 107 Å². The zero-order valence-corrected chi connectivity index (χ0v) is 18.6. The van der Waals surface area contributed by atoms with E-state index >= 15 is 0 Å². The second-order valence-electron chi connectivity index (χ2n) is 9.32. The molecule has 3 saturated heterocycles. The normalized spacial score (nSPS) is 24.8. The first-order valence-corrected chi connectivity index (χ1v) is 11.7. The number of benzene rings is 3. The summed E-state index contributed by atoms with van der Waals surface area (Å²) in [5, 5.41) is 3.72. The Morgan fingerprint density at radius 3 is 1.88 bits per heavy atom. The van der Waals surface area contributed by atoms with Crippen molar-refractivity contribution in [3.8, 4) is 0 Å². The lowest BCUT2D eigenvalue weighted by atomic mass is 9.69. The summed E-state index contributed by atoms with van der Waals surface area (Å²) in [6.07, 6.45) is -1.14. The van der Waals surface area contributed by atoms with E-state index in [1.165, 1.54) is 23.3 Å². The van der Waals surface area contributed by atoms with Crippen molar-refractivity contribution in [2.24, 2.45) is 5.92 Å². The Kier molecular flexibility index (Phi) is 6.02. The van der Waals surface area contributed by atoms with E-state index in [4.69, 9.17) is 0 Å². The van der Waals surface area contributed by atoms with Crippen molar-refractivity contribution >= 4 is 0 Å². The summed E-state index contributed by atoms with van der Waals surface area (Å²) < 4.78 is 41.1. The van der Waals surface area contributed by atoms with Crippen LogP contribution < -0.4 is 5.32 Å². The fraction of sp³-hybridized carbons (Fsp3) is 0.357. The summed E-state index contributed by atoms with van der Waals surface area (Å²) in [7, 11) is 0. The summed E-state index contributed by atoms with van der Waals surface area (Å²) in [5.41, 5.74) is 1.68. The molecule has 1 unspecified atom stereocenters. The molecular formula is C28H29F3N2. The van der Waals surface area contributed by atoms with Gasteiger partial charge in [0.2, 0.25) is 0 Å². The van der Waals surface area contributed by atoms with E-state index in [0.29, 0.717) is 11.5 Å². The first kappa shape index (κ1) is 22.2. The van der Waals surface area contributed by atoms with Gasteiger partial charge in [-0.15, -0.1) is 0 Å². The van der Waals surface area contributed by atoms with E-state index < -0.39 is 17.4 Å². The summed E-state index contributed by atoms with van der Waals surface area (Å²) in [6, 6.07) is 26.7. The molecule has 3 aliphatic rings. The third-order valence-corrected chi connectivity index (χ3v) is 7.43. The summed E-state index contributed by atoms with van der Waals surface area (Å²) in [5.74, 6) is 0.594. The molecule has 0 aliphatic carbocycles. The number of rotatable bonds is 6. The molecule has 6 rings (SSSR count). The maximum absolute atomic E-state index is 13.7. The third kappa shape index (κ3) is 4.32. The summed E-state index contributed by atoms with van der Waals surface area (Å²) in [6.45, 7) is 2.11. The first-order valence-electron chi connectivity index (χ1n) is 11.7. The van der Waals surface area contributed by atoms with Gasteiger partial charge in [0.15, 0.2) is 0 Å². The van der Waals surface area contributed by atoms with Gasteiger partial charge >= 0.3 is 6.18 Å². The lowest BCUT2D eigenvalue weighted by molar-refractivity contribution is -0.138. The fourth-order valence-corrected chi connectivity index (χ4v) is 5.93. The maximum Gasteiger partial charge on any atom is 0.416 e. The van der Waals surface area contributed by atoms with Crippen molar-refractivity contribution in [1.82, 2.24) is 10.2 Å². The highest BCUT2D eigenvalue weighted by molar-refractivity contribution is 5.38. The van der Waals surface area contributed by atoms with Crippen LogP contribution in [0, 0.1) is 5.92 Å². The predicted molar refractivity (Wildman–Crippen MR) is 125 cm³/mol. The van der Waals surface area contributed by atoms with E-state index in [1.807, 2.05) is 36.4 Å². The van der Waals surface area contributed by atoms with Gasteiger partial charge in [0.05, 0.1) is 11.2 Å². The SMILES string of the molecule is FC(F)(F)c1ccccc1CNC1(C(c2ccccc2)c2ccccc2)CC2CCN1CC2. The number of hydrogen-bond donors (Lipinski definition) is 1. The van der Waals surface area contributed by atoms with E-state index in [-0.39, 0.29) is 12.5 Å². The topological polar surface area (TPSA) is 15.3 Å². The van der Waals surface area contributed by atoms with Gasteiger partial charge in [0, 0.05) is 25.6 Å². The molecule has 3 fully saturated rings. The van der Waals surface area contributed by atoms with Crippen LogP contribution in [0.4, 0.5) is 13.2 Å². The predicted octanol–water partition coefficient (Wildman–Crippen LogP) is 6.44. The van der Waals surface area contributed by atoms with Crippen LogP contribution in [0.1, 0.15) is 47.4 Å². The number of nitrogens with one attached hydrogen (secondary N) is 1. The molecule has 0 amide bonds. The van der Waals surface area contributed by atoms with Crippen molar-refractivity contribution < 1.29 is 13.2 Å². The molecule has 3 aliphatic heterocycles. The molecule has 2 nitrogen and oxygen atoms in total. The highest BCUT2D eigenvalue weighted by Gasteiger charge is 2.51. The van der Waals surface area contributed by atoms with Gasteiger partial charge in [-0.05, 0) is 47.9 Å². The van der Waals surface area contributed by atoms with E-state index in [2.05, 4.69) is 34.5 Å². The minimum absolute atomic E-state index is 0.0149. The molecule has 3 heterocycles. The van der Waals surface area contributed by atoms with Crippen molar-refractivity contribution in [2.45, 2.75) is 43.6 Å². The zero-order chi connectivity index (χ0) is 22.9. The summed E-state index contributed by atoms with van der Waals surface area (Å²) >= 11 is 0. The molecular weight excluding hydrogens is 421 g/mol. The lowest BCUT2D eigenvalue weighted by Gasteiger charge is -2.58. The Morgan fingerprint density at radius 2 is 1.36 bits per heavy atom. The molecule has 5 heteroatoms. The van der Waals surface area contributed by atoms with E-state index in [9.17, 15) is 13.2 Å². The van der Waals surface area contributed by atoms with Gasteiger partial charge in [-0.1, -0.05) is 78.9 Å². The first-order chi connectivity index (χ1) is 16.0. The largest absolute Gasteiger partial charge is 0.416 e. The van der Waals surface area contributed by atoms with Gasteiger partial charge in [-0.25, -0.2) is 0 Å². The van der Waals surface area contributed by atoms with Crippen molar-refractivity contribution in [3.63, 3.8) is 0 Å². The Balaban J connectivity index is 1.59. The van der Waals surface area contributed by atoms with Crippen LogP contribution >= 0.6 is 0 Å². The highest BCUT2D eigenvalue weighted by Crippen LogP contribution is 2.48. The quantitative estimate of drug-likeness (QED) is 0.465. The smallest absolute Gasteiger partial charge is 0.294 e. The molecule has 3 aromatic rings. The molecule has 3 aromatic carbocycles. The molecule has 0 saturated carbocycles. The third-order valence-electron chi connectivity index (χ3n) is 7.43. The van der Waals surface area contributed by atoms with Gasteiger partial charge in [-0.3, -0.25) is 10.2 Å². The van der Waals surface area contributed by atoms with Crippen molar-refractivity contribution in [2.75, 3.05) is 13.1 Å². The summed E-state index contributed by atoms with van der Waals surface area (Å²) in [4.78, 5) is 2.49. The van der Waals surface area contributed by atoms with Crippen LogP contribution in [-0.4, -0.2) is 23.7 Å². The Bertz CT molecular complexity index is 1020. The average molecular weight is 451 g/mol. The van der Waals surface area contributed by atoms with Crippen LogP contribution in [-0.2, 0) is 12.7 Å². The molecule has 0 aromatic heterocycles. The zero-order valence-electron chi connectivity index (χ0n) is 18.6. The second-order valence-corrected chi connectivity index (χ2v) is 9.32. The molecule has 172 valence electrons. The lowest BCUT2D eigenvalue weighted by Crippen LogP contribution is -2.68.